The van der Waals surface area contributed by atoms with E-state index in [2.05, 4.69) is 44.1 Å². The van der Waals surface area contributed by atoms with Gasteiger partial charge in [-0.2, -0.15) is 0 Å². The van der Waals surface area contributed by atoms with E-state index in [1.54, 1.807) is 18.2 Å². The number of carbonyl (C=O) groups excluding carboxylic acids is 1. The third-order valence-electron chi connectivity index (χ3n) is 2.10. The number of alkyl halides is 1. The van der Waals surface area contributed by atoms with Gasteiger partial charge in [-0.3, -0.25) is 4.79 Å². The highest BCUT2D eigenvalue weighted by Crippen LogP contribution is 2.21. The molecule has 1 atom stereocenters. The minimum atomic E-state index is -0.0959. The molecular formula is C11H12Br2ClNO. The van der Waals surface area contributed by atoms with E-state index in [0.717, 1.165) is 6.42 Å². The molecular weight excluding hydrogens is 357 g/mol. The lowest BCUT2D eigenvalue weighted by Crippen LogP contribution is -2.29. The molecule has 0 aromatic heterocycles. The van der Waals surface area contributed by atoms with Crippen LogP contribution in [0.3, 0.4) is 0 Å². The van der Waals surface area contributed by atoms with Crippen LogP contribution in [0, 0.1) is 0 Å². The molecule has 0 aliphatic rings. The van der Waals surface area contributed by atoms with Crippen molar-refractivity contribution < 1.29 is 4.79 Å². The molecule has 5 heteroatoms. The predicted molar refractivity (Wildman–Crippen MR) is 74.5 cm³/mol. The molecule has 1 rings (SSSR count). The second-order valence-electron chi connectivity index (χ2n) is 3.34. The smallest absolute Gasteiger partial charge is 0.252 e. The maximum Gasteiger partial charge on any atom is 0.252 e. The van der Waals surface area contributed by atoms with Gasteiger partial charge in [0, 0.05) is 20.9 Å². The van der Waals surface area contributed by atoms with Crippen molar-refractivity contribution in [1.82, 2.24) is 5.32 Å². The van der Waals surface area contributed by atoms with Gasteiger partial charge in [-0.05, 0) is 40.5 Å². The molecule has 0 fully saturated rings. The Morgan fingerprint density at radius 1 is 1.56 bits per heavy atom. The van der Waals surface area contributed by atoms with Gasteiger partial charge in [0.05, 0.1) is 5.56 Å². The quantitative estimate of drug-likeness (QED) is 0.799. The van der Waals surface area contributed by atoms with E-state index in [0.29, 0.717) is 26.4 Å². The van der Waals surface area contributed by atoms with Crippen molar-refractivity contribution in [2.75, 3.05) is 6.54 Å². The fourth-order valence-corrected chi connectivity index (χ4v) is 2.14. The number of amides is 1. The summed E-state index contributed by atoms with van der Waals surface area (Å²) >= 11 is 12.6. The zero-order chi connectivity index (χ0) is 12.1. The van der Waals surface area contributed by atoms with Crippen LogP contribution in [0.1, 0.15) is 23.7 Å². The molecule has 1 aromatic carbocycles. The fraction of sp³-hybridized carbons (Fsp3) is 0.364. The van der Waals surface area contributed by atoms with Crippen LogP contribution in [0.5, 0.6) is 0 Å². The van der Waals surface area contributed by atoms with Crippen LogP contribution in [0.2, 0.25) is 5.02 Å². The Morgan fingerprint density at radius 3 is 2.81 bits per heavy atom. The zero-order valence-corrected chi connectivity index (χ0v) is 12.7. The van der Waals surface area contributed by atoms with Crippen LogP contribution in [-0.2, 0) is 0 Å². The Balaban J connectivity index is 2.66. The average Bonchev–Trinajstić information content (AvgIpc) is 2.25. The molecule has 0 aliphatic carbocycles. The van der Waals surface area contributed by atoms with Gasteiger partial charge in [0.25, 0.3) is 5.91 Å². The molecule has 0 saturated heterocycles. The maximum atomic E-state index is 11.8. The van der Waals surface area contributed by atoms with Gasteiger partial charge >= 0.3 is 0 Å². The Bertz CT molecular complexity index is 384. The van der Waals surface area contributed by atoms with Crippen molar-refractivity contribution in [2.24, 2.45) is 0 Å². The van der Waals surface area contributed by atoms with Crippen LogP contribution in [0.25, 0.3) is 0 Å². The van der Waals surface area contributed by atoms with E-state index in [9.17, 15) is 4.79 Å². The molecule has 0 aliphatic heterocycles. The molecule has 2 nitrogen and oxygen atoms in total. The maximum absolute atomic E-state index is 11.8. The second-order valence-corrected chi connectivity index (χ2v) is 5.93. The molecule has 16 heavy (non-hydrogen) atoms. The van der Waals surface area contributed by atoms with Crippen LogP contribution in [0.15, 0.2) is 22.7 Å². The van der Waals surface area contributed by atoms with Crippen molar-refractivity contribution in [3.63, 3.8) is 0 Å². The third kappa shape index (κ3) is 4.07. The Hall–Kier alpha value is -0.0600. The highest BCUT2D eigenvalue weighted by Gasteiger charge is 2.11. The van der Waals surface area contributed by atoms with E-state index in [4.69, 9.17) is 11.6 Å². The first-order valence-electron chi connectivity index (χ1n) is 4.92. The summed E-state index contributed by atoms with van der Waals surface area (Å²) < 4.78 is 0.708. The van der Waals surface area contributed by atoms with Crippen LogP contribution < -0.4 is 5.32 Å². The first-order chi connectivity index (χ1) is 7.54. The largest absolute Gasteiger partial charge is 0.351 e. The van der Waals surface area contributed by atoms with Gasteiger partial charge in [-0.15, -0.1) is 0 Å². The Kier molecular flexibility index (Phi) is 5.79. The van der Waals surface area contributed by atoms with Crippen molar-refractivity contribution in [3.05, 3.63) is 33.3 Å². The molecule has 1 amide bonds. The van der Waals surface area contributed by atoms with Gasteiger partial charge in [-0.1, -0.05) is 34.5 Å². The average molecular weight is 369 g/mol. The molecule has 0 radical (unpaired) electrons. The van der Waals surface area contributed by atoms with E-state index >= 15 is 0 Å². The van der Waals surface area contributed by atoms with Crippen LogP contribution in [0.4, 0.5) is 0 Å². The minimum absolute atomic E-state index is 0.0959. The van der Waals surface area contributed by atoms with Gasteiger partial charge < -0.3 is 5.32 Å². The van der Waals surface area contributed by atoms with Gasteiger partial charge in [-0.25, -0.2) is 0 Å². The standard InChI is InChI=1S/C11H12Br2ClNO/c1-2-7(12)6-15-11(16)9-4-3-8(14)5-10(9)13/h3-5,7H,2,6H2,1H3,(H,15,16). The molecule has 0 saturated carbocycles. The van der Waals surface area contributed by atoms with Gasteiger partial charge in [0.2, 0.25) is 0 Å². The first kappa shape index (κ1) is 14.0. The summed E-state index contributed by atoms with van der Waals surface area (Å²) in [5, 5.41) is 3.46. The summed E-state index contributed by atoms with van der Waals surface area (Å²) in [4.78, 5) is 12.1. The molecule has 0 bridgehead atoms. The summed E-state index contributed by atoms with van der Waals surface area (Å²) in [6, 6.07) is 5.12. The number of rotatable bonds is 4. The van der Waals surface area contributed by atoms with Crippen molar-refractivity contribution >= 4 is 49.4 Å². The number of hydrogen-bond acceptors (Lipinski definition) is 1. The van der Waals surface area contributed by atoms with E-state index in [1.165, 1.54) is 0 Å². The topological polar surface area (TPSA) is 29.1 Å². The third-order valence-corrected chi connectivity index (χ3v) is 3.97. The Morgan fingerprint density at radius 2 is 2.25 bits per heavy atom. The lowest BCUT2D eigenvalue weighted by molar-refractivity contribution is 0.0953. The lowest BCUT2D eigenvalue weighted by atomic mass is 10.2. The molecule has 88 valence electrons. The first-order valence-corrected chi connectivity index (χ1v) is 7.00. The number of carbonyl (C=O) groups is 1. The highest BCUT2D eigenvalue weighted by molar-refractivity contribution is 9.10. The number of hydrogen-bond donors (Lipinski definition) is 1. The highest BCUT2D eigenvalue weighted by atomic mass is 79.9. The molecule has 1 aromatic rings. The summed E-state index contributed by atoms with van der Waals surface area (Å²) in [6.45, 7) is 2.67. The monoisotopic (exact) mass is 367 g/mol. The summed E-state index contributed by atoms with van der Waals surface area (Å²) in [7, 11) is 0. The number of halogens is 3. The number of benzene rings is 1. The number of nitrogens with one attached hydrogen (secondary N) is 1. The molecule has 1 N–H and O–H groups in total. The second kappa shape index (κ2) is 6.62. The SMILES string of the molecule is CCC(Br)CNC(=O)c1ccc(Cl)cc1Br. The van der Waals surface area contributed by atoms with Crippen molar-refractivity contribution in [1.29, 1.82) is 0 Å². The predicted octanol–water partition coefficient (Wildman–Crippen LogP) is 4.01. The molecule has 0 heterocycles. The summed E-state index contributed by atoms with van der Waals surface area (Å²) in [5.74, 6) is -0.0959. The normalized spacial score (nSPS) is 12.2. The van der Waals surface area contributed by atoms with E-state index in [-0.39, 0.29) is 5.91 Å². The minimum Gasteiger partial charge on any atom is -0.351 e. The Labute approximate surface area is 117 Å². The van der Waals surface area contributed by atoms with Crippen molar-refractivity contribution in [2.45, 2.75) is 18.2 Å². The van der Waals surface area contributed by atoms with Crippen LogP contribution in [-0.4, -0.2) is 17.3 Å². The zero-order valence-electron chi connectivity index (χ0n) is 8.77. The van der Waals surface area contributed by atoms with Gasteiger partial charge in [0.1, 0.15) is 0 Å². The lowest BCUT2D eigenvalue weighted by Gasteiger charge is -2.10. The van der Waals surface area contributed by atoms with E-state index in [1.807, 2.05) is 0 Å². The van der Waals surface area contributed by atoms with Gasteiger partial charge in [0.15, 0.2) is 0 Å². The van der Waals surface area contributed by atoms with E-state index < -0.39 is 0 Å². The van der Waals surface area contributed by atoms with Crippen LogP contribution >= 0.6 is 43.5 Å². The molecule has 0 spiro atoms. The van der Waals surface area contributed by atoms with Crippen molar-refractivity contribution in [3.8, 4) is 0 Å². The molecule has 1 unspecified atom stereocenters. The fourth-order valence-electron chi connectivity index (χ4n) is 1.12. The summed E-state index contributed by atoms with van der Waals surface area (Å²) in [6.07, 6.45) is 0.974. The summed E-state index contributed by atoms with van der Waals surface area (Å²) in [5.41, 5.74) is 0.597.